The van der Waals surface area contributed by atoms with Crippen molar-refractivity contribution in [1.82, 2.24) is 0 Å². The molecule has 0 rings (SSSR count). The maximum atomic E-state index is 11.1. The Balaban J connectivity index is 3.68. The zero-order chi connectivity index (χ0) is 7.98. The van der Waals surface area contributed by atoms with Gasteiger partial charge in [0, 0.05) is 6.42 Å². The van der Waals surface area contributed by atoms with Crippen LogP contribution >= 0.6 is 11.8 Å². The lowest BCUT2D eigenvalue weighted by Gasteiger charge is -2.09. The van der Waals surface area contributed by atoms with Crippen molar-refractivity contribution in [2.24, 2.45) is 0 Å². The molecule has 0 radical (unpaired) electrons. The first kappa shape index (κ1) is 10.0. The first-order chi connectivity index (χ1) is 4.76. The van der Waals surface area contributed by atoms with E-state index in [2.05, 4.69) is 13.8 Å². The van der Waals surface area contributed by atoms with Crippen molar-refractivity contribution >= 4 is 17.5 Å². The average molecular weight is 160 g/mol. The normalized spacial score (nSPS) is 13.1. The fraction of sp³-hybridized carbons (Fsp3) is 0.875. The minimum atomic E-state index is 0.259. The topological polar surface area (TPSA) is 17.1 Å². The van der Waals surface area contributed by atoms with Crippen LogP contribution in [0.4, 0.5) is 0 Å². The monoisotopic (exact) mass is 160 g/mol. The molecule has 0 fully saturated rings. The van der Waals surface area contributed by atoms with Crippen LogP contribution in [-0.2, 0) is 4.79 Å². The van der Waals surface area contributed by atoms with E-state index in [0.29, 0.717) is 12.2 Å². The van der Waals surface area contributed by atoms with E-state index < -0.39 is 0 Å². The summed E-state index contributed by atoms with van der Waals surface area (Å²) in [6.07, 6.45) is 1.66. The molecule has 0 aliphatic carbocycles. The van der Waals surface area contributed by atoms with Crippen LogP contribution in [0, 0.1) is 0 Å². The van der Waals surface area contributed by atoms with E-state index in [4.69, 9.17) is 0 Å². The Labute approximate surface area is 67.6 Å². The second kappa shape index (κ2) is 5.78. The van der Waals surface area contributed by atoms with Crippen molar-refractivity contribution in [1.29, 1.82) is 0 Å². The number of thioether (sulfide) groups is 1. The zero-order valence-electron chi connectivity index (χ0n) is 7.02. The molecule has 0 bridgehead atoms. The van der Waals surface area contributed by atoms with Crippen molar-refractivity contribution in [3.8, 4) is 0 Å². The van der Waals surface area contributed by atoms with E-state index >= 15 is 0 Å². The van der Waals surface area contributed by atoms with Gasteiger partial charge in [-0.05, 0) is 12.2 Å². The van der Waals surface area contributed by atoms with Gasteiger partial charge < -0.3 is 0 Å². The third-order valence-corrected chi connectivity index (χ3v) is 2.78. The predicted molar refractivity (Wildman–Crippen MR) is 47.5 cm³/mol. The summed E-state index contributed by atoms with van der Waals surface area (Å²) < 4.78 is 0. The Kier molecular flexibility index (Phi) is 5.79. The molecule has 60 valence electrons. The second-order valence-electron chi connectivity index (χ2n) is 2.17. The molecular formula is C8H16OS. The van der Waals surface area contributed by atoms with Crippen LogP contribution in [0.15, 0.2) is 0 Å². The number of ketones is 1. The van der Waals surface area contributed by atoms with Crippen molar-refractivity contribution in [3.05, 3.63) is 0 Å². The van der Waals surface area contributed by atoms with Gasteiger partial charge in [0.15, 0.2) is 0 Å². The first-order valence-electron chi connectivity index (χ1n) is 3.90. The molecule has 1 nitrogen and oxygen atoms in total. The van der Waals surface area contributed by atoms with E-state index in [9.17, 15) is 4.79 Å². The highest BCUT2D eigenvalue weighted by Crippen LogP contribution is 2.15. The number of hydrogen-bond donors (Lipinski definition) is 0. The summed E-state index contributed by atoms with van der Waals surface area (Å²) in [5, 5.41) is 0.259. The number of carbonyl (C=O) groups excluding carboxylic acids is 1. The van der Waals surface area contributed by atoms with Gasteiger partial charge >= 0.3 is 0 Å². The molecular weight excluding hydrogens is 144 g/mol. The van der Waals surface area contributed by atoms with E-state index in [1.54, 1.807) is 11.8 Å². The largest absolute Gasteiger partial charge is 0.298 e. The Bertz CT molecular complexity index is 101. The molecule has 0 saturated carbocycles. The van der Waals surface area contributed by atoms with Crippen LogP contribution in [0.3, 0.4) is 0 Å². The number of Topliss-reactive ketones (excluding diaryl/α,β-unsaturated/α-hetero) is 1. The van der Waals surface area contributed by atoms with Gasteiger partial charge in [-0.1, -0.05) is 20.8 Å². The molecule has 0 aliphatic rings. The molecule has 1 atom stereocenters. The van der Waals surface area contributed by atoms with Crippen LogP contribution < -0.4 is 0 Å². The fourth-order valence-electron chi connectivity index (χ4n) is 0.867. The summed E-state index contributed by atoms with van der Waals surface area (Å²) in [7, 11) is 0. The highest BCUT2D eigenvalue weighted by Gasteiger charge is 2.12. The fourth-order valence-corrected chi connectivity index (χ4v) is 1.86. The van der Waals surface area contributed by atoms with Gasteiger partial charge in [0.25, 0.3) is 0 Å². The van der Waals surface area contributed by atoms with Crippen molar-refractivity contribution < 1.29 is 4.79 Å². The van der Waals surface area contributed by atoms with Crippen LogP contribution in [-0.4, -0.2) is 16.8 Å². The SMILES string of the molecule is CCSC(CC)C(=O)CC. The standard InChI is InChI=1S/C8H16OS/c1-4-7(9)8(5-2)10-6-3/h8H,4-6H2,1-3H3. The predicted octanol–water partition coefficient (Wildman–Crippen LogP) is 2.50. The molecule has 2 heteroatoms. The number of hydrogen-bond acceptors (Lipinski definition) is 2. The summed E-state index contributed by atoms with van der Waals surface area (Å²) in [5.41, 5.74) is 0. The molecule has 0 N–H and O–H groups in total. The van der Waals surface area contributed by atoms with Gasteiger partial charge in [-0.2, -0.15) is 11.8 Å². The van der Waals surface area contributed by atoms with Gasteiger partial charge in [-0.3, -0.25) is 4.79 Å². The maximum absolute atomic E-state index is 11.1. The van der Waals surface area contributed by atoms with Crippen molar-refractivity contribution in [3.63, 3.8) is 0 Å². The molecule has 1 unspecified atom stereocenters. The summed E-state index contributed by atoms with van der Waals surface area (Å²) in [4.78, 5) is 11.1. The molecule has 0 aromatic carbocycles. The van der Waals surface area contributed by atoms with Crippen LogP contribution in [0.1, 0.15) is 33.6 Å². The highest BCUT2D eigenvalue weighted by atomic mass is 32.2. The average Bonchev–Trinajstić information content (AvgIpc) is 1.99. The smallest absolute Gasteiger partial charge is 0.145 e. The maximum Gasteiger partial charge on any atom is 0.145 e. The van der Waals surface area contributed by atoms with Crippen LogP contribution in [0.25, 0.3) is 0 Å². The van der Waals surface area contributed by atoms with Crippen molar-refractivity contribution in [2.75, 3.05) is 5.75 Å². The van der Waals surface area contributed by atoms with Crippen LogP contribution in [0.5, 0.6) is 0 Å². The van der Waals surface area contributed by atoms with E-state index in [1.165, 1.54) is 0 Å². The van der Waals surface area contributed by atoms with Gasteiger partial charge in [0.1, 0.15) is 5.78 Å². The minimum absolute atomic E-state index is 0.259. The highest BCUT2D eigenvalue weighted by molar-refractivity contribution is 8.00. The van der Waals surface area contributed by atoms with E-state index in [-0.39, 0.29) is 5.25 Å². The summed E-state index contributed by atoms with van der Waals surface area (Å²) >= 11 is 1.76. The minimum Gasteiger partial charge on any atom is -0.298 e. The lowest BCUT2D eigenvalue weighted by Crippen LogP contribution is -2.14. The third kappa shape index (κ3) is 3.25. The molecule has 0 aromatic rings. The van der Waals surface area contributed by atoms with Gasteiger partial charge in [-0.25, -0.2) is 0 Å². The van der Waals surface area contributed by atoms with Crippen molar-refractivity contribution in [2.45, 2.75) is 38.9 Å². The van der Waals surface area contributed by atoms with E-state index in [1.807, 2.05) is 6.92 Å². The Morgan fingerprint density at radius 1 is 1.40 bits per heavy atom. The summed E-state index contributed by atoms with van der Waals surface area (Å²) in [6, 6.07) is 0. The second-order valence-corrected chi connectivity index (χ2v) is 3.65. The number of carbonyl (C=O) groups is 1. The molecule has 0 amide bonds. The third-order valence-electron chi connectivity index (χ3n) is 1.45. The molecule has 0 heterocycles. The lowest BCUT2D eigenvalue weighted by molar-refractivity contribution is -0.118. The lowest BCUT2D eigenvalue weighted by atomic mass is 10.2. The quantitative estimate of drug-likeness (QED) is 0.614. The summed E-state index contributed by atoms with van der Waals surface area (Å²) in [6.45, 7) is 6.10. The van der Waals surface area contributed by atoms with Gasteiger partial charge in [-0.15, -0.1) is 0 Å². The Morgan fingerprint density at radius 3 is 2.30 bits per heavy atom. The number of rotatable bonds is 5. The Hall–Kier alpha value is 0.0200. The molecule has 10 heavy (non-hydrogen) atoms. The van der Waals surface area contributed by atoms with Crippen LogP contribution in [0.2, 0.25) is 0 Å². The summed E-state index contributed by atoms with van der Waals surface area (Å²) in [5.74, 6) is 1.44. The molecule has 0 aromatic heterocycles. The molecule has 0 spiro atoms. The first-order valence-corrected chi connectivity index (χ1v) is 4.95. The Morgan fingerprint density at radius 2 is 2.00 bits per heavy atom. The van der Waals surface area contributed by atoms with Gasteiger partial charge in [0.2, 0.25) is 0 Å². The van der Waals surface area contributed by atoms with Gasteiger partial charge in [0.05, 0.1) is 5.25 Å². The molecule has 0 saturated heterocycles. The molecule has 0 aliphatic heterocycles. The van der Waals surface area contributed by atoms with E-state index in [0.717, 1.165) is 12.2 Å². The zero-order valence-corrected chi connectivity index (χ0v) is 7.83.